The summed E-state index contributed by atoms with van der Waals surface area (Å²) in [5.41, 5.74) is -1.15. The second-order valence-electron chi connectivity index (χ2n) is 5.16. The van der Waals surface area contributed by atoms with Gasteiger partial charge >= 0.3 is 18.1 Å². The number of halogens is 3. The maximum Gasteiger partial charge on any atom is 0.416 e. The van der Waals surface area contributed by atoms with Gasteiger partial charge in [-0.25, -0.2) is 9.59 Å². The lowest BCUT2D eigenvalue weighted by atomic mass is 9.83. The molecule has 0 spiro atoms. The van der Waals surface area contributed by atoms with Crippen LogP contribution in [0.4, 0.5) is 13.2 Å². The van der Waals surface area contributed by atoms with E-state index in [1.807, 2.05) is 0 Å². The fourth-order valence-corrected chi connectivity index (χ4v) is 2.47. The fourth-order valence-electron chi connectivity index (χ4n) is 2.47. The second kappa shape index (κ2) is 6.38. The van der Waals surface area contributed by atoms with Crippen LogP contribution in [-0.4, -0.2) is 33.6 Å². The lowest BCUT2D eigenvalue weighted by Gasteiger charge is -2.28. The van der Waals surface area contributed by atoms with Gasteiger partial charge in [0, 0.05) is 18.9 Å². The first-order valence-corrected chi connectivity index (χ1v) is 6.98. The maximum atomic E-state index is 12.7. The van der Waals surface area contributed by atoms with Crippen molar-refractivity contribution < 1.29 is 33.0 Å². The van der Waals surface area contributed by atoms with Crippen molar-refractivity contribution in [2.24, 2.45) is 0 Å². The molecule has 0 radical (unpaired) electrons. The van der Waals surface area contributed by atoms with E-state index in [2.05, 4.69) is 0 Å². The smallest absolute Gasteiger partial charge is 0.416 e. The molecule has 2 rings (SSSR count). The van der Waals surface area contributed by atoms with Crippen LogP contribution in [0.3, 0.4) is 0 Å². The van der Waals surface area contributed by atoms with Crippen LogP contribution in [0.5, 0.6) is 0 Å². The van der Waals surface area contributed by atoms with Crippen molar-refractivity contribution in [3.8, 4) is 0 Å². The van der Waals surface area contributed by atoms with Gasteiger partial charge in [-0.2, -0.15) is 13.2 Å². The van der Waals surface area contributed by atoms with Crippen molar-refractivity contribution in [3.63, 3.8) is 0 Å². The lowest BCUT2D eigenvalue weighted by molar-refractivity contribution is -0.138. The van der Waals surface area contributed by atoms with Crippen molar-refractivity contribution >= 4 is 11.9 Å². The van der Waals surface area contributed by atoms with E-state index in [4.69, 9.17) is 0 Å². The number of carboxylic acid groups (broad SMARTS) is 2. The van der Waals surface area contributed by atoms with E-state index in [1.165, 1.54) is 17.3 Å². The molecule has 0 amide bonds. The average Bonchev–Trinajstić information content (AvgIpc) is 2.52. The topological polar surface area (TPSA) is 77.8 Å². The van der Waals surface area contributed by atoms with Crippen LogP contribution in [-0.2, 0) is 15.8 Å². The molecule has 0 aromatic heterocycles. The highest BCUT2D eigenvalue weighted by atomic mass is 19.4. The quantitative estimate of drug-likeness (QED) is 0.880. The second-order valence-corrected chi connectivity index (χ2v) is 5.16. The van der Waals surface area contributed by atoms with Crippen molar-refractivity contribution in [1.29, 1.82) is 0 Å². The number of rotatable bonds is 4. The minimum atomic E-state index is -4.53. The van der Waals surface area contributed by atoms with Crippen molar-refractivity contribution in [2.45, 2.75) is 19.0 Å². The standard InChI is InChI=1S/C16H14F3NO4/c1-2-20-7-11(14(21)22)13(12(8-20)15(23)24)9-3-5-10(6-4-9)16(17,18)19/h3-8,13H,2H2,1H3,(H,21,22)(H,23,24). The molecule has 2 N–H and O–H groups in total. The number of hydrogen-bond donors (Lipinski definition) is 2. The highest BCUT2D eigenvalue weighted by Gasteiger charge is 2.35. The zero-order valence-corrected chi connectivity index (χ0v) is 12.5. The molecule has 1 aliphatic rings. The summed E-state index contributed by atoms with van der Waals surface area (Å²) in [5, 5.41) is 18.7. The molecule has 0 unspecified atom stereocenters. The summed E-state index contributed by atoms with van der Waals surface area (Å²) in [5.74, 6) is -3.81. The molecule has 1 aliphatic heterocycles. The molecule has 0 bridgehead atoms. The third kappa shape index (κ3) is 3.42. The van der Waals surface area contributed by atoms with Crippen LogP contribution >= 0.6 is 0 Å². The zero-order valence-electron chi connectivity index (χ0n) is 12.5. The molecule has 5 nitrogen and oxygen atoms in total. The van der Waals surface area contributed by atoms with Gasteiger partial charge in [0.2, 0.25) is 0 Å². The maximum absolute atomic E-state index is 12.7. The van der Waals surface area contributed by atoms with Gasteiger partial charge in [0.1, 0.15) is 0 Å². The molecule has 0 saturated carbocycles. The van der Waals surface area contributed by atoms with Gasteiger partial charge in [0.05, 0.1) is 22.6 Å². The van der Waals surface area contributed by atoms with Crippen LogP contribution < -0.4 is 0 Å². The number of carbonyl (C=O) groups is 2. The zero-order chi connectivity index (χ0) is 18.1. The third-order valence-electron chi connectivity index (χ3n) is 3.66. The van der Waals surface area contributed by atoms with Crippen LogP contribution in [0.25, 0.3) is 0 Å². The first-order chi connectivity index (χ1) is 11.1. The average molecular weight is 341 g/mol. The molecule has 0 saturated heterocycles. The monoisotopic (exact) mass is 341 g/mol. The van der Waals surface area contributed by atoms with E-state index in [1.54, 1.807) is 6.92 Å². The lowest BCUT2D eigenvalue weighted by Crippen LogP contribution is -2.27. The van der Waals surface area contributed by atoms with E-state index in [0.29, 0.717) is 6.54 Å². The van der Waals surface area contributed by atoms with E-state index < -0.39 is 29.6 Å². The van der Waals surface area contributed by atoms with Crippen molar-refractivity contribution in [3.05, 3.63) is 58.9 Å². The summed E-state index contributed by atoms with van der Waals surface area (Å²) in [6.07, 6.45) is -1.95. The van der Waals surface area contributed by atoms with Crippen LogP contribution in [0.15, 0.2) is 47.8 Å². The SMILES string of the molecule is CCN1C=C(C(=O)O)C(c2ccc(C(F)(F)F)cc2)C(C(=O)O)=C1. The van der Waals surface area contributed by atoms with Crippen molar-refractivity contribution in [2.75, 3.05) is 6.54 Å². The van der Waals surface area contributed by atoms with Gasteiger partial charge in [0.25, 0.3) is 0 Å². The highest BCUT2D eigenvalue weighted by molar-refractivity contribution is 5.97. The van der Waals surface area contributed by atoms with Gasteiger partial charge in [0.15, 0.2) is 0 Å². The van der Waals surface area contributed by atoms with Crippen LogP contribution in [0.1, 0.15) is 24.0 Å². The molecule has 0 aliphatic carbocycles. The van der Waals surface area contributed by atoms with Gasteiger partial charge in [-0.05, 0) is 24.6 Å². The number of alkyl halides is 3. The molecule has 1 heterocycles. The molecule has 24 heavy (non-hydrogen) atoms. The Morgan fingerprint density at radius 2 is 1.50 bits per heavy atom. The highest BCUT2D eigenvalue weighted by Crippen LogP contribution is 2.37. The van der Waals surface area contributed by atoms with Gasteiger partial charge in [-0.1, -0.05) is 12.1 Å². The third-order valence-corrected chi connectivity index (χ3v) is 3.66. The summed E-state index contributed by atoms with van der Waals surface area (Å²) in [4.78, 5) is 24.4. The number of hydrogen-bond acceptors (Lipinski definition) is 3. The minimum Gasteiger partial charge on any atom is -0.478 e. The Kier molecular flexibility index (Phi) is 4.68. The van der Waals surface area contributed by atoms with Gasteiger partial charge < -0.3 is 15.1 Å². The van der Waals surface area contributed by atoms with Crippen LogP contribution in [0, 0.1) is 0 Å². The summed E-state index contributed by atoms with van der Waals surface area (Å²) in [6.45, 7) is 2.07. The fraction of sp³-hybridized carbons (Fsp3) is 0.250. The van der Waals surface area contributed by atoms with Gasteiger partial charge in [-0.15, -0.1) is 0 Å². The van der Waals surface area contributed by atoms with Crippen molar-refractivity contribution in [1.82, 2.24) is 4.90 Å². The Morgan fingerprint density at radius 3 is 1.83 bits per heavy atom. The summed E-state index contributed by atoms with van der Waals surface area (Å²) in [7, 11) is 0. The first kappa shape index (κ1) is 17.6. The Bertz CT molecular complexity index is 688. The molecular weight excluding hydrogens is 327 g/mol. The van der Waals surface area contributed by atoms with E-state index in [9.17, 15) is 33.0 Å². The molecule has 8 heteroatoms. The minimum absolute atomic E-state index is 0.168. The number of carboxylic acids is 2. The van der Waals surface area contributed by atoms with Crippen LogP contribution in [0.2, 0.25) is 0 Å². The molecule has 128 valence electrons. The summed E-state index contributed by atoms with van der Waals surface area (Å²) in [6, 6.07) is 3.81. The Labute approximate surface area is 135 Å². The largest absolute Gasteiger partial charge is 0.478 e. The Hall–Kier alpha value is -2.77. The van der Waals surface area contributed by atoms with Gasteiger partial charge in [-0.3, -0.25) is 0 Å². The molecular formula is C16H14F3NO4. The van der Waals surface area contributed by atoms with E-state index >= 15 is 0 Å². The molecule has 0 atom stereocenters. The van der Waals surface area contributed by atoms with E-state index in [0.717, 1.165) is 24.3 Å². The predicted octanol–water partition coefficient (Wildman–Crippen LogP) is 3.06. The molecule has 1 aromatic rings. The number of nitrogens with zero attached hydrogens (tertiary/aromatic N) is 1. The summed E-state index contributed by atoms with van der Waals surface area (Å²) >= 11 is 0. The first-order valence-electron chi connectivity index (χ1n) is 6.98. The van der Waals surface area contributed by atoms with E-state index in [-0.39, 0.29) is 16.7 Å². The number of aliphatic carboxylic acids is 2. The molecule has 0 fully saturated rings. The summed E-state index contributed by atoms with van der Waals surface area (Å²) < 4.78 is 38.0. The number of benzene rings is 1. The Balaban J connectivity index is 2.53. The Morgan fingerprint density at radius 1 is 1.04 bits per heavy atom. The predicted molar refractivity (Wildman–Crippen MR) is 78.0 cm³/mol. The normalized spacial score (nSPS) is 15.8. The molecule has 1 aromatic carbocycles.